The Morgan fingerprint density at radius 1 is 1.33 bits per heavy atom. The van der Waals surface area contributed by atoms with Crippen molar-refractivity contribution in [3.8, 4) is 18.1 Å². The number of carbonyl (C=O) groups excluding carboxylic acids is 1. The van der Waals surface area contributed by atoms with E-state index < -0.39 is 0 Å². The summed E-state index contributed by atoms with van der Waals surface area (Å²) in [5.74, 6) is 2.66. The lowest BCUT2D eigenvalue weighted by Gasteiger charge is -2.01. The third-order valence-corrected chi connectivity index (χ3v) is 1.45. The fourth-order valence-corrected chi connectivity index (χ4v) is 0.845. The van der Waals surface area contributed by atoms with Crippen LogP contribution in [0.4, 0.5) is 0 Å². The van der Waals surface area contributed by atoms with E-state index in [-0.39, 0.29) is 12.4 Å². The van der Waals surface area contributed by atoms with Gasteiger partial charge in [-0.05, 0) is 12.1 Å². The van der Waals surface area contributed by atoms with Crippen LogP contribution in [0.25, 0.3) is 0 Å². The third kappa shape index (κ3) is 6.34. The number of carbonyl (C=O) groups is 1. The summed E-state index contributed by atoms with van der Waals surface area (Å²) in [7, 11) is 0. The van der Waals surface area contributed by atoms with Gasteiger partial charge in [-0.3, -0.25) is 4.79 Å². The molecule has 0 amide bonds. The maximum atomic E-state index is 11.1. The van der Waals surface area contributed by atoms with Gasteiger partial charge in [-0.2, -0.15) is 0 Å². The van der Waals surface area contributed by atoms with Crippen LogP contribution in [0.3, 0.4) is 0 Å². The minimum absolute atomic E-state index is 0.269. The first-order chi connectivity index (χ1) is 7.33. The Labute approximate surface area is 91.3 Å². The van der Waals surface area contributed by atoms with Crippen LogP contribution in [-0.4, -0.2) is 5.97 Å². The molecule has 1 aromatic carbocycles. The molecule has 0 radical (unpaired) electrons. The van der Waals surface area contributed by atoms with Gasteiger partial charge in [0.25, 0.3) is 0 Å². The molecule has 0 atom stereocenters. The van der Waals surface area contributed by atoms with Crippen molar-refractivity contribution in [3.05, 3.63) is 30.3 Å². The number of terminal acetylenes is 1. The summed E-state index contributed by atoms with van der Waals surface area (Å²) >= 11 is 0. The lowest BCUT2D eigenvalue weighted by atomic mass is 10.3. The SMILES string of the molecule is C#CCCC(=O)Oc1ccccc1.CC. The monoisotopic (exact) mass is 204 g/mol. The summed E-state index contributed by atoms with van der Waals surface area (Å²) in [4.78, 5) is 11.1. The molecule has 0 bridgehead atoms. The van der Waals surface area contributed by atoms with E-state index in [4.69, 9.17) is 11.2 Å². The van der Waals surface area contributed by atoms with Gasteiger partial charge in [-0.25, -0.2) is 0 Å². The summed E-state index contributed by atoms with van der Waals surface area (Å²) in [6.45, 7) is 4.00. The van der Waals surface area contributed by atoms with Gasteiger partial charge in [0.1, 0.15) is 5.75 Å². The molecule has 0 aliphatic carbocycles. The number of ether oxygens (including phenoxy) is 1. The standard InChI is InChI=1S/C11H10O2.C2H6/c1-2-3-9-11(12)13-10-7-5-4-6-8-10;1-2/h1,4-8H,3,9H2;1-2H3. The van der Waals surface area contributed by atoms with Crippen LogP contribution in [0.15, 0.2) is 30.3 Å². The van der Waals surface area contributed by atoms with E-state index in [9.17, 15) is 4.79 Å². The minimum atomic E-state index is -0.288. The molecule has 15 heavy (non-hydrogen) atoms. The van der Waals surface area contributed by atoms with Crippen LogP contribution in [-0.2, 0) is 4.79 Å². The Balaban J connectivity index is 0.000000921. The molecule has 0 saturated heterocycles. The topological polar surface area (TPSA) is 26.3 Å². The molecule has 0 unspecified atom stereocenters. The summed E-state index contributed by atoms with van der Waals surface area (Å²) in [6, 6.07) is 8.94. The number of para-hydroxylation sites is 1. The molecule has 0 aromatic heterocycles. The number of hydrogen-bond acceptors (Lipinski definition) is 2. The van der Waals surface area contributed by atoms with E-state index in [1.54, 1.807) is 12.1 Å². The van der Waals surface area contributed by atoms with E-state index in [1.807, 2.05) is 32.0 Å². The fraction of sp³-hybridized carbons (Fsp3) is 0.308. The highest BCUT2D eigenvalue weighted by molar-refractivity contribution is 5.72. The van der Waals surface area contributed by atoms with Gasteiger partial charge in [-0.1, -0.05) is 32.0 Å². The number of rotatable bonds is 3. The second kappa shape index (κ2) is 8.83. The number of esters is 1. The van der Waals surface area contributed by atoms with Crippen molar-refractivity contribution in [1.82, 2.24) is 0 Å². The molecular weight excluding hydrogens is 188 g/mol. The molecule has 80 valence electrons. The number of hydrogen-bond donors (Lipinski definition) is 0. The molecule has 2 heteroatoms. The van der Waals surface area contributed by atoms with Crippen molar-refractivity contribution >= 4 is 5.97 Å². The molecule has 2 nitrogen and oxygen atoms in total. The molecule has 0 aliphatic rings. The molecule has 1 aromatic rings. The molecule has 0 saturated carbocycles. The summed E-state index contributed by atoms with van der Waals surface area (Å²) in [5.41, 5.74) is 0. The molecule has 0 fully saturated rings. The van der Waals surface area contributed by atoms with E-state index in [1.165, 1.54) is 0 Å². The van der Waals surface area contributed by atoms with Crippen LogP contribution >= 0.6 is 0 Å². The van der Waals surface area contributed by atoms with E-state index in [0.29, 0.717) is 12.2 Å². The van der Waals surface area contributed by atoms with E-state index >= 15 is 0 Å². The fourth-order valence-electron chi connectivity index (χ4n) is 0.845. The van der Waals surface area contributed by atoms with Crippen molar-refractivity contribution < 1.29 is 9.53 Å². The largest absolute Gasteiger partial charge is 0.427 e. The quantitative estimate of drug-likeness (QED) is 0.430. The molecule has 0 N–H and O–H groups in total. The lowest BCUT2D eigenvalue weighted by Crippen LogP contribution is -2.06. The van der Waals surface area contributed by atoms with Gasteiger partial charge < -0.3 is 4.74 Å². The first kappa shape index (κ1) is 13.2. The van der Waals surface area contributed by atoms with E-state index in [0.717, 1.165) is 0 Å². The Morgan fingerprint density at radius 3 is 2.47 bits per heavy atom. The zero-order valence-electron chi connectivity index (χ0n) is 9.19. The van der Waals surface area contributed by atoms with Crippen molar-refractivity contribution in [1.29, 1.82) is 0 Å². The Bertz CT molecular complexity index is 309. The molecule has 0 spiro atoms. The van der Waals surface area contributed by atoms with Crippen molar-refractivity contribution in [2.24, 2.45) is 0 Å². The zero-order valence-corrected chi connectivity index (χ0v) is 9.19. The van der Waals surface area contributed by atoms with Crippen LogP contribution in [0.5, 0.6) is 5.75 Å². The predicted molar refractivity (Wildman–Crippen MR) is 61.5 cm³/mol. The average Bonchev–Trinajstić information content (AvgIpc) is 2.30. The smallest absolute Gasteiger partial charge is 0.312 e. The van der Waals surface area contributed by atoms with Crippen LogP contribution in [0.1, 0.15) is 26.7 Å². The van der Waals surface area contributed by atoms with Gasteiger partial charge in [0.05, 0.1) is 6.42 Å². The van der Waals surface area contributed by atoms with E-state index in [2.05, 4.69) is 5.92 Å². The number of benzene rings is 1. The maximum Gasteiger partial charge on any atom is 0.312 e. The van der Waals surface area contributed by atoms with Gasteiger partial charge in [0.2, 0.25) is 0 Å². The normalized spacial score (nSPS) is 8.07. The summed E-state index contributed by atoms with van der Waals surface area (Å²) in [5, 5.41) is 0. The molecular formula is C13H16O2. The zero-order chi connectivity index (χ0) is 11.5. The maximum absolute atomic E-state index is 11.1. The van der Waals surface area contributed by atoms with Crippen LogP contribution < -0.4 is 4.74 Å². The molecule has 0 aliphatic heterocycles. The second-order valence-electron chi connectivity index (χ2n) is 2.49. The van der Waals surface area contributed by atoms with Crippen molar-refractivity contribution in [2.45, 2.75) is 26.7 Å². The lowest BCUT2D eigenvalue weighted by molar-refractivity contribution is -0.134. The van der Waals surface area contributed by atoms with Gasteiger partial charge in [0.15, 0.2) is 0 Å². The third-order valence-electron chi connectivity index (χ3n) is 1.45. The Hall–Kier alpha value is -1.75. The molecule has 0 heterocycles. The Morgan fingerprint density at radius 2 is 1.93 bits per heavy atom. The van der Waals surface area contributed by atoms with Gasteiger partial charge in [0, 0.05) is 6.42 Å². The van der Waals surface area contributed by atoms with Crippen molar-refractivity contribution in [2.75, 3.05) is 0 Å². The van der Waals surface area contributed by atoms with Gasteiger partial charge >= 0.3 is 5.97 Å². The summed E-state index contributed by atoms with van der Waals surface area (Å²) < 4.78 is 4.98. The first-order valence-corrected chi connectivity index (χ1v) is 5.02. The van der Waals surface area contributed by atoms with Gasteiger partial charge in [-0.15, -0.1) is 12.3 Å². The highest BCUT2D eigenvalue weighted by atomic mass is 16.5. The van der Waals surface area contributed by atoms with Crippen LogP contribution in [0, 0.1) is 12.3 Å². The van der Waals surface area contributed by atoms with Crippen LogP contribution in [0.2, 0.25) is 0 Å². The highest BCUT2D eigenvalue weighted by Crippen LogP contribution is 2.09. The molecule has 1 rings (SSSR count). The predicted octanol–water partition coefficient (Wildman–Crippen LogP) is 3.03. The minimum Gasteiger partial charge on any atom is -0.427 e. The Kier molecular flexibility index (Phi) is 7.80. The second-order valence-corrected chi connectivity index (χ2v) is 2.49. The summed E-state index contributed by atoms with van der Waals surface area (Å²) in [6.07, 6.45) is 5.70. The van der Waals surface area contributed by atoms with Crippen molar-refractivity contribution in [3.63, 3.8) is 0 Å². The first-order valence-electron chi connectivity index (χ1n) is 5.02. The average molecular weight is 204 g/mol. The highest BCUT2D eigenvalue weighted by Gasteiger charge is 2.01.